The summed E-state index contributed by atoms with van der Waals surface area (Å²) >= 11 is 0. The minimum Gasteiger partial charge on any atom is -0.406 e. The highest BCUT2D eigenvalue weighted by Gasteiger charge is 2.31. The van der Waals surface area contributed by atoms with Gasteiger partial charge in [-0.25, -0.2) is 8.42 Å². The summed E-state index contributed by atoms with van der Waals surface area (Å²) in [5.74, 6) is 1.01. The summed E-state index contributed by atoms with van der Waals surface area (Å²) < 4.78 is 68.5. The van der Waals surface area contributed by atoms with Crippen molar-refractivity contribution in [1.29, 1.82) is 0 Å². The van der Waals surface area contributed by atoms with E-state index >= 15 is 0 Å². The van der Waals surface area contributed by atoms with Crippen LogP contribution in [-0.4, -0.2) is 38.1 Å². The molecule has 0 unspecified atom stereocenters. The number of sulfonamides is 1. The number of halogens is 3. The SMILES string of the molecule is CC1CCN(c2ccc(-c3cccc(NS(=O)(=O)c4ccc(OC(F)(F)F)cc4)c3)nn2)CC1. The highest BCUT2D eigenvalue weighted by Crippen LogP contribution is 2.27. The van der Waals surface area contributed by atoms with Gasteiger partial charge in [0.2, 0.25) is 0 Å². The summed E-state index contributed by atoms with van der Waals surface area (Å²) in [5, 5.41) is 8.64. The van der Waals surface area contributed by atoms with E-state index in [9.17, 15) is 21.6 Å². The van der Waals surface area contributed by atoms with Crippen molar-refractivity contribution >= 4 is 21.5 Å². The third kappa shape index (κ3) is 5.96. The van der Waals surface area contributed by atoms with E-state index in [0.717, 1.165) is 56.0 Å². The highest BCUT2D eigenvalue weighted by atomic mass is 32.2. The van der Waals surface area contributed by atoms with E-state index in [1.807, 2.05) is 12.1 Å². The molecule has 0 radical (unpaired) electrons. The number of piperidine rings is 1. The Balaban J connectivity index is 1.47. The van der Waals surface area contributed by atoms with Crippen molar-refractivity contribution in [2.24, 2.45) is 5.92 Å². The van der Waals surface area contributed by atoms with E-state index in [1.54, 1.807) is 24.3 Å². The van der Waals surface area contributed by atoms with Gasteiger partial charge in [0, 0.05) is 24.3 Å². The van der Waals surface area contributed by atoms with Crippen LogP contribution in [0, 0.1) is 5.92 Å². The van der Waals surface area contributed by atoms with Gasteiger partial charge >= 0.3 is 6.36 Å². The number of aromatic nitrogens is 2. The van der Waals surface area contributed by atoms with Crippen LogP contribution in [0.2, 0.25) is 0 Å². The molecule has 1 fully saturated rings. The van der Waals surface area contributed by atoms with Crippen LogP contribution in [0.5, 0.6) is 5.75 Å². The van der Waals surface area contributed by atoms with Crippen LogP contribution >= 0.6 is 0 Å². The first-order chi connectivity index (χ1) is 16.1. The number of hydrogen-bond acceptors (Lipinski definition) is 6. The number of rotatable bonds is 6. The Morgan fingerprint density at radius 2 is 1.71 bits per heavy atom. The minimum atomic E-state index is -4.85. The molecule has 1 aliphatic rings. The lowest BCUT2D eigenvalue weighted by molar-refractivity contribution is -0.274. The zero-order valence-electron chi connectivity index (χ0n) is 18.3. The Bertz CT molecular complexity index is 1230. The molecule has 0 spiro atoms. The van der Waals surface area contributed by atoms with Gasteiger partial charge in [-0.15, -0.1) is 23.4 Å². The number of nitrogens with one attached hydrogen (secondary N) is 1. The van der Waals surface area contributed by atoms with Crippen molar-refractivity contribution in [3.8, 4) is 17.0 Å². The van der Waals surface area contributed by atoms with Crippen LogP contribution < -0.4 is 14.4 Å². The Morgan fingerprint density at radius 1 is 1.00 bits per heavy atom. The van der Waals surface area contributed by atoms with Gasteiger partial charge in [0.05, 0.1) is 10.6 Å². The molecule has 7 nitrogen and oxygen atoms in total. The fraction of sp³-hybridized carbons (Fsp3) is 0.304. The van der Waals surface area contributed by atoms with Crippen LogP contribution in [0.25, 0.3) is 11.3 Å². The molecule has 0 amide bonds. The number of ether oxygens (including phenoxy) is 1. The molecule has 0 saturated carbocycles. The number of hydrogen-bond donors (Lipinski definition) is 1. The summed E-state index contributed by atoms with van der Waals surface area (Å²) in [4.78, 5) is 2.00. The van der Waals surface area contributed by atoms with Crippen LogP contribution in [0.15, 0.2) is 65.6 Å². The van der Waals surface area contributed by atoms with Crippen molar-refractivity contribution in [2.45, 2.75) is 31.0 Å². The number of alkyl halides is 3. The fourth-order valence-corrected chi connectivity index (χ4v) is 4.71. The lowest BCUT2D eigenvalue weighted by Gasteiger charge is -2.30. The summed E-state index contributed by atoms with van der Waals surface area (Å²) in [6, 6.07) is 14.4. The first kappa shape index (κ1) is 23.8. The maximum atomic E-state index is 12.7. The third-order valence-electron chi connectivity index (χ3n) is 5.54. The number of benzene rings is 2. The van der Waals surface area contributed by atoms with Gasteiger partial charge in [-0.2, -0.15) is 0 Å². The number of nitrogens with zero attached hydrogens (tertiary/aromatic N) is 3. The van der Waals surface area contributed by atoms with Gasteiger partial charge in [0.15, 0.2) is 5.82 Å². The predicted molar refractivity (Wildman–Crippen MR) is 122 cm³/mol. The first-order valence-corrected chi connectivity index (χ1v) is 12.2. The van der Waals surface area contributed by atoms with Crippen LogP contribution in [0.4, 0.5) is 24.7 Å². The quantitative estimate of drug-likeness (QED) is 0.517. The van der Waals surface area contributed by atoms with Crippen LogP contribution in [-0.2, 0) is 10.0 Å². The molecular weight excluding hydrogens is 469 g/mol. The van der Waals surface area contributed by atoms with Crippen molar-refractivity contribution < 1.29 is 26.3 Å². The maximum Gasteiger partial charge on any atom is 0.573 e. The van der Waals surface area contributed by atoms with E-state index in [-0.39, 0.29) is 10.6 Å². The monoisotopic (exact) mass is 492 g/mol. The molecule has 4 rings (SSSR count). The Morgan fingerprint density at radius 3 is 2.32 bits per heavy atom. The van der Waals surface area contributed by atoms with Gasteiger partial charge in [0.25, 0.3) is 10.0 Å². The lowest BCUT2D eigenvalue weighted by atomic mass is 9.99. The van der Waals surface area contributed by atoms with E-state index in [1.165, 1.54) is 0 Å². The average Bonchev–Trinajstić information content (AvgIpc) is 2.79. The second-order valence-electron chi connectivity index (χ2n) is 8.15. The Kier molecular flexibility index (Phi) is 6.65. The minimum absolute atomic E-state index is 0.201. The summed E-state index contributed by atoms with van der Waals surface area (Å²) in [6.45, 7) is 4.12. The normalized spacial score (nSPS) is 15.2. The van der Waals surface area contributed by atoms with Crippen LogP contribution in [0.1, 0.15) is 19.8 Å². The van der Waals surface area contributed by atoms with Gasteiger partial charge in [0.1, 0.15) is 5.75 Å². The molecule has 1 aromatic heterocycles. The van der Waals surface area contributed by atoms with E-state index in [0.29, 0.717) is 17.2 Å². The van der Waals surface area contributed by atoms with Crippen molar-refractivity contribution in [2.75, 3.05) is 22.7 Å². The van der Waals surface area contributed by atoms with Gasteiger partial charge < -0.3 is 9.64 Å². The highest BCUT2D eigenvalue weighted by molar-refractivity contribution is 7.92. The molecule has 180 valence electrons. The second-order valence-corrected chi connectivity index (χ2v) is 9.83. The standard InChI is InChI=1S/C23H23F3N4O3S/c1-16-11-13-30(14-12-16)22-10-9-21(27-28-22)17-3-2-4-18(15-17)29-34(31,32)20-7-5-19(6-8-20)33-23(24,25)26/h2-10,15-16,29H,11-14H2,1H3. The van der Waals surface area contributed by atoms with E-state index in [4.69, 9.17) is 0 Å². The average molecular weight is 493 g/mol. The lowest BCUT2D eigenvalue weighted by Crippen LogP contribution is -2.33. The summed E-state index contributed by atoms with van der Waals surface area (Å²) in [5.41, 5.74) is 1.54. The molecular formula is C23H23F3N4O3S. The topological polar surface area (TPSA) is 84.4 Å². The molecule has 0 atom stereocenters. The molecule has 0 bridgehead atoms. The maximum absolute atomic E-state index is 12.7. The molecule has 34 heavy (non-hydrogen) atoms. The van der Waals surface area contributed by atoms with E-state index in [2.05, 4.69) is 31.5 Å². The zero-order valence-corrected chi connectivity index (χ0v) is 19.1. The largest absolute Gasteiger partial charge is 0.573 e. The molecule has 2 heterocycles. The van der Waals surface area contributed by atoms with Crippen molar-refractivity contribution in [3.05, 3.63) is 60.7 Å². The van der Waals surface area contributed by atoms with Crippen molar-refractivity contribution in [3.63, 3.8) is 0 Å². The Labute approximate surface area is 195 Å². The molecule has 11 heteroatoms. The number of anilines is 2. The molecule has 1 saturated heterocycles. The first-order valence-electron chi connectivity index (χ1n) is 10.7. The zero-order chi connectivity index (χ0) is 24.3. The third-order valence-corrected chi connectivity index (χ3v) is 6.93. The molecule has 1 aliphatic heterocycles. The summed E-state index contributed by atoms with van der Waals surface area (Å²) in [6.07, 6.45) is -2.63. The van der Waals surface area contributed by atoms with Crippen molar-refractivity contribution in [1.82, 2.24) is 10.2 Å². The smallest absolute Gasteiger partial charge is 0.406 e. The summed E-state index contributed by atoms with van der Waals surface area (Å²) in [7, 11) is -4.03. The van der Waals surface area contributed by atoms with Gasteiger partial charge in [-0.3, -0.25) is 4.72 Å². The fourth-order valence-electron chi connectivity index (χ4n) is 3.66. The van der Waals surface area contributed by atoms with E-state index < -0.39 is 22.1 Å². The van der Waals surface area contributed by atoms with Gasteiger partial charge in [-0.05, 0) is 67.3 Å². The second kappa shape index (κ2) is 9.49. The molecule has 3 aromatic rings. The van der Waals surface area contributed by atoms with Crippen LogP contribution in [0.3, 0.4) is 0 Å². The molecule has 0 aliphatic carbocycles. The molecule has 2 aromatic carbocycles. The Hall–Kier alpha value is -3.34. The van der Waals surface area contributed by atoms with Gasteiger partial charge in [-0.1, -0.05) is 19.1 Å². The predicted octanol–water partition coefficient (Wildman–Crippen LogP) is 5.08. The molecule has 1 N–H and O–H groups in total.